The third-order valence-corrected chi connectivity index (χ3v) is 1.47. The highest BCUT2D eigenvalue weighted by atomic mass is 15.3. The number of nitrogens with two attached hydrogens (primary N) is 1. The largest absolute Gasteiger partial charge is 0.368 e. The summed E-state index contributed by atoms with van der Waals surface area (Å²) in [5.74, 6) is 7.08. The highest BCUT2D eigenvalue weighted by Crippen LogP contribution is 2.05. The summed E-state index contributed by atoms with van der Waals surface area (Å²) in [5.41, 5.74) is 2.44. The predicted octanol–water partition coefficient (Wildman–Crippen LogP) is 0.830. The number of hydrazine groups is 1. The van der Waals surface area contributed by atoms with Crippen LogP contribution in [0.3, 0.4) is 0 Å². The van der Waals surface area contributed by atoms with Gasteiger partial charge in [0, 0.05) is 6.54 Å². The van der Waals surface area contributed by atoms with Gasteiger partial charge in [-0.2, -0.15) is 0 Å². The Kier molecular flexibility index (Phi) is 3.45. The molecule has 4 N–H and O–H groups in total. The monoisotopic (exact) mass is 181 g/mol. The van der Waals surface area contributed by atoms with Crippen LogP contribution in [0, 0.1) is 5.92 Å². The molecule has 1 heterocycles. The van der Waals surface area contributed by atoms with Crippen LogP contribution in [0.5, 0.6) is 0 Å². The molecule has 0 aromatic carbocycles. The summed E-state index contributed by atoms with van der Waals surface area (Å²) in [7, 11) is 0. The van der Waals surface area contributed by atoms with Crippen LogP contribution in [0.25, 0.3) is 0 Å². The average Bonchev–Trinajstić information content (AvgIpc) is 2.15. The summed E-state index contributed by atoms with van der Waals surface area (Å²) in [5, 5.41) is 3.15. The highest BCUT2D eigenvalue weighted by molar-refractivity contribution is 5.40. The molecule has 0 saturated heterocycles. The fourth-order valence-electron chi connectivity index (χ4n) is 0.829. The number of nitrogen functional groups attached to an aromatic ring is 1. The zero-order chi connectivity index (χ0) is 9.68. The molecule has 0 amide bonds. The first-order valence-corrected chi connectivity index (χ1v) is 4.25. The van der Waals surface area contributed by atoms with Crippen LogP contribution in [0.1, 0.15) is 13.8 Å². The van der Waals surface area contributed by atoms with E-state index < -0.39 is 0 Å². The number of hydrogen-bond donors (Lipinski definition) is 3. The van der Waals surface area contributed by atoms with Gasteiger partial charge in [-0.1, -0.05) is 13.8 Å². The molecule has 0 aliphatic rings. The van der Waals surface area contributed by atoms with Crippen molar-refractivity contribution in [1.82, 2.24) is 9.97 Å². The molecule has 0 spiro atoms. The second-order valence-electron chi connectivity index (χ2n) is 3.21. The molecule has 0 atom stereocenters. The van der Waals surface area contributed by atoms with Crippen LogP contribution >= 0.6 is 0 Å². The number of anilines is 2. The van der Waals surface area contributed by atoms with Crippen LogP contribution in [0.4, 0.5) is 11.6 Å². The van der Waals surface area contributed by atoms with Crippen molar-refractivity contribution in [2.45, 2.75) is 13.8 Å². The molecule has 0 bridgehead atoms. The number of nitrogens with zero attached hydrogens (tertiary/aromatic N) is 2. The van der Waals surface area contributed by atoms with E-state index in [4.69, 9.17) is 5.84 Å². The first-order valence-electron chi connectivity index (χ1n) is 4.25. The van der Waals surface area contributed by atoms with E-state index in [1.165, 1.54) is 0 Å². The van der Waals surface area contributed by atoms with Crippen LogP contribution in [0.2, 0.25) is 0 Å². The lowest BCUT2D eigenvalue weighted by Gasteiger charge is -2.08. The van der Waals surface area contributed by atoms with Gasteiger partial charge in [-0.05, 0) is 5.92 Å². The van der Waals surface area contributed by atoms with E-state index in [1.807, 2.05) is 0 Å². The Balaban J connectivity index is 2.56. The van der Waals surface area contributed by atoms with Crippen molar-refractivity contribution < 1.29 is 0 Å². The number of nitrogens with one attached hydrogen (secondary N) is 2. The molecule has 13 heavy (non-hydrogen) atoms. The minimum Gasteiger partial charge on any atom is -0.368 e. The van der Waals surface area contributed by atoms with Crippen molar-refractivity contribution in [1.29, 1.82) is 0 Å². The van der Waals surface area contributed by atoms with Gasteiger partial charge in [-0.25, -0.2) is 10.8 Å². The van der Waals surface area contributed by atoms with Crippen molar-refractivity contribution in [2.75, 3.05) is 17.3 Å². The van der Waals surface area contributed by atoms with E-state index in [2.05, 4.69) is 34.6 Å². The lowest BCUT2D eigenvalue weighted by molar-refractivity contribution is 0.686. The van der Waals surface area contributed by atoms with Crippen molar-refractivity contribution in [2.24, 2.45) is 11.8 Å². The summed E-state index contributed by atoms with van der Waals surface area (Å²) in [6.07, 6.45) is 3.24. The zero-order valence-electron chi connectivity index (χ0n) is 7.91. The minimum absolute atomic E-state index is 0.564. The molecule has 0 aliphatic carbocycles. The molecule has 1 aromatic heterocycles. The molecule has 0 unspecified atom stereocenters. The van der Waals surface area contributed by atoms with E-state index in [0.29, 0.717) is 11.7 Å². The summed E-state index contributed by atoms with van der Waals surface area (Å²) in [6, 6.07) is 0. The first-order chi connectivity index (χ1) is 6.22. The van der Waals surface area contributed by atoms with E-state index in [0.717, 1.165) is 12.4 Å². The first kappa shape index (κ1) is 9.73. The fraction of sp³-hybridized carbons (Fsp3) is 0.500. The number of aromatic nitrogens is 2. The normalized spacial score (nSPS) is 10.2. The molecule has 0 radical (unpaired) electrons. The molecular weight excluding hydrogens is 166 g/mol. The molecule has 1 rings (SSSR count). The SMILES string of the molecule is CC(C)CNc1cncc(NN)n1. The van der Waals surface area contributed by atoms with Gasteiger partial charge in [0.2, 0.25) is 0 Å². The van der Waals surface area contributed by atoms with E-state index >= 15 is 0 Å². The number of hydrogen-bond acceptors (Lipinski definition) is 5. The van der Waals surface area contributed by atoms with Crippen molar-refractivity contribution in [3.63, 3.8) is 0 Å². The van der Waals surface area contributed by atoms with Gasteiger partial charge in [0.05, 0.1) is 12.4 Å². The van der Waals surface area contributed by atoms with E-state index in [9.17, 15) is 0 Å². The van der Waals surface area contributed by atoms with Crippen LogP contribution in [-0.4, -0.2) is 16.5 Å². The summed E-state index contributed by atoms with van der Waals surface area (Å²) < 4.78 is 0. The van der Waals surface area contributed by atoms with Crippen LogP contribution < -0.4 is 16.6 Å². The van der Waals surface area contributed by atoms with Gasteiger partial charge in [0.1, 0.15) is 5.82 Å². The summed E-state index contributed by atoms with van der Waals surface area (Å²) >= 11 is 0. The van der Waals surface area contributed by atoms with Gasteiger partial charge in [0.15, 0.2) is 5.82 Å². The minimum atomic E-state index is 0.564. The Bertz CT molecular complexity index is 260. The Morgan fingerprint density at radius 2 is 2.08 bits per heavy atom. The van der Waals surface area contributed by atoms with Crippen molar-refractivity contribution in [3.8, 4) is 0 Å². The van der Waals surface area contributed by atoms with Gasteiger partial charge in [-0.3, -0.25) is 4.98 Å². The Hall–Kier alpha value is -1.36. The third-order valence-electron chi connectivity index (χ3n) is 1.47. The van der Waals surface area contributed by atoms with Gasteiger partial charge < -0.3 is 10.7 Å². The molecule has 0 fully saturated rings. The summed E-state index contributed by atoms with van der Waals surface area (Å²) in [6.45, 7) is 5.14. The molecular formula is C8H15N5. The van der Waals surface area contributed by atoms with Gasteiger partial charge in [0.25, 0.3) is 0 Å². The zero-order valence-corrected chi connectivity index (χ0v) is 7.91. The average molecular weight is 181 g/mol. The molecule has 5 nitrogen and oxygen atoms in total. The van der Waals surface area contributed by atoms with E-state index in [1.54, 1.807) is 12.4 Å². The van der Waals surface area contributed by atoms with Crippen molar-refractivity contribution in [3.05, 3.63) is 12.4 Å². The topological polar surface area (TPSA) is 75.9 Å². The lowest BCUT2D eigenvalue weighted by Crippen LogP contribution is -2.12. The molecule has 1 aromatic rings. The molecule has 0 aliphatic heterocycles. The second-order valence-corrected chi connectivity index (χ2v) is 3.21. The lowest BCUT2D eigenvalue weighted by atomic mass is 10.2. The van der Waals surface area contributed by atoms with Crippen molar-refractivity contribution >= 4 is 11.6 Å². The smallest absolute Gasteiger partial charge is 0.160 e. The Labute approximate surface area is 77.7 Å². The van der Waals surface area contributed by atoms with Crippen LogP contribution in [-0.2, 0) is 0 Å². The molecule has 5 heteroatoms. The third kappa shape index (κ3) is 3.25. The Morgan fingerprint density at radius 3 is 2.69 bits per heavy atom. The van der Waals surface area contributed by atoms with Gasteiger partial charge in [-0.15, -0.1) is 0 Å². The maximum Gasteiger partial charge on any atom is 0.160 e. The quantitative estimate of drug-likeness (QED) is 0.474. The number of rotatable bonds is 4. The van der Waals surface area contributed by atoms with Gasteiger partial charge >= 0.3 is 0 Å². The predicted molar refractivity (Wildman–Crippen MR) is 53.2 cm³/mol. The van der Waals surface area contributed by atoms with Crippen LogP contribution in [0.15, 0.2) is 12.4 Å². The molecule has 0 saturated carbocycles. The standard InChI is InChI=1S/C8H15N5/c1-6(2)3-11-7-4-10-5-8(12-7)13-9/h4-6H,3,9H2,1-2H3,(H2,11,12,13). The summed E-state index contributed by atoms with van der Waals surface area (Å²) in [4.78, 5) is 8.12. The second kappa shape index (κ2) is 4.61. The van der Waals surface area contributed by atoms with E-state index in [-0.39, 0.29) is 0 Å². The Morgan fingerprint density at radius 1 is 1.38 bits per heavy atom. The highest BCUT2D eigenvalue weighted by Gasteiger charge is 1.97. The maximum atomic E-state index is 5.19. The molecule has 72 valence electrons. The fourth-order valence-corrected chi connectivity index (χ4v) is 0.829. The maximum absolute atomic E-state index is 5.19.